The van der Waals surface area contributed by atoms with Crippen LogP contribution in [0, 0.1) is 0 Å². The topological polar surface area (TPSA) is 31.4 Å². The van der Waals surface area contributed by atoms with Crippen molar-refractivity contribution in [1.29, 1.82) is 0 Å². The molecule has 0 aliphatic heterocycles. The van der Waals surface area contributed by atoms with Gasteiger partial charge in [0.15, 0.2) is 0 Å². The van der Waals surface area contributed by atoms with Crippen LogP contribution in [0.3, 0.4) is 0 Å². The molecule has 1 fully saturated rings. The maximum atomic E-state index is 5.39. The van der Waals surface area contributed by atoms with Crippen LogP contribution in [-0.4, -0.2) is 19.2 Å². The van der Waals surface area contributed by atoms with E-state index in [1.54, 1.807) is 25.6 Å². The second kappa shape index (κ2) is 4.61. The highest BCUT2D eigenvalue weighted by Gasteiger charge is 2.27. The largest absolute Gasteiger partial charge is 0.497 e. The highest BCUT2D eigenvalue weighted by atomic mass is 32.1. The molecule has 1 aliphatic rings. The number of rotatable bonds is 4. The summed E-state index contributed by atoms with van der Waals surface area (Å²) in [6, 6.07) is 5.80. The van der Waals surface area contributed by atoms with E-state index in [1.165, 1.54) is 17.8 Å². The zero-order valence-electron chi connectivity index (χ0n) is 10.5. The van der Waals surface area contributed by atoms with Gasteiger partial charge in [0.1, 0.15) is 11.5 Å². The third-order valence-electron chi connectivity index (χ3n) is 3.13. The Bertz CT molecular complexity index is 561. The molecule has 4 heteroatoms. The number of aromatic nitrogens is 1. The third-order valence-corrected chi connectivity index (χ3v) is 4.14. The van der Waals surface area contributed by atoms with E-state index in [2.05, 4.69) is 5.38 Å². The molecule has 0 radical (unpaired) electrons. The lowest BCUT2D eigenvalue weighted by Gasteiger charge is -2.08. The van der Waals surface area contributed by atoms with Crippen molar-refractivity contribution < 1.29 is 9.47 Å². The number of thiazole rings is 1. The molecule has 0 saturated heterocycles. The minimum Gasteiger partial charge on any atom is -0.497 e. The third kappa shape index (κ3) is 2.08. The van der Waals surface area contributed by atoms with Crippen molar-refractivity contribution >= 4 is 11.3 Å². The van der Waals surface area contributed by atoms with E-state index in [4.69, 9.17) is 14.5 Å². The molecule has 2 aromatic rings. The fourth-order valence-corrected chi connectivity index (χ4v) is 2.93. The van der Waals surface area contributed by atoms with E-state index in [1.807, 2.05) is 18.2 Å². The quantitative estimate of drug-likeness (QED) is 0.840. The van der Waals surface area contributed by atoms with E-state index in [-0.39, 0.29) is 0 Å². The number of methoxy groups -OCH3 is 2. The molecule has 0 N–H and O–H groups in total. The number of nitrogens with zero attached hydrogens (tertiary/aromatic N) is 1. The van der Waals surface area contributed by atoms with Gasteiger partial charge in [-0.05, 0) is 31.0 Å². The zero-order valence-corrected chi connectivity index (χ0v) is 11.3. The Hall–Kier alpha value is -1.55. The zero-order chi connectivity index (χ0) is 12.5. The summed E-state index contributed by atoms with van der Waals surface area (Å²) in [5, 5.41) is 3.35. The van der Waals surface area contributed by atoms with Gasteiger partial charge in [0.2, 0.25) is 0 Å². The Kier molecular flexibility index (Phi) is 2.96. The van der Waals surface area contributed by atoms with Crippen molar-refractivity contribution in [2.24, 2.45) is 0 Å². The first-order valence-electron chi connectivity index (χ1n) is 5.99. The van der Waals surface area contributed by atoms with Gasteiger partial charge < -0.3 is 9.47 Å². The van der Waals surface area contributed by atoms with E-state index in [0.717, 1.165) is 22.8 Å². The first-order valence-corrected chi connectivity index (χ1v) is 6.87. The molecule has 3 nitrogen and oxygen atoms in total. The molecule has 1 saturated carbocycles. The molecule has 1 aliphatic carbocycles. The molecule has 1 aromatic heterocycles. The van der Waals surface area contributed by atoms with Crippen LogP contribution < -0.4 is 9.47 Å². The van der Waals surface area contributed by atoms with E-state index < -0.39 is 0 Å². The van der Waals surface area contributed by atoms with Gasteiger partial charge in [0.25, 0.3) is 0 Å². The first-order chi connectivity index (χ1) is 8.81. The molecule has 1 aromatic carbocycles. The van der Waals surface area contributed by atoms with Crippen LogP contribution in [0.2, 0.25) is 0 Å². The van der Waals surface area contributed by atoms with Crippen molar-refractivity contribution in [2.45, 2.75) is 18.8 Å². The van der Waals surface area contributed by atoms with Crippen LogP contribution in [0.4, 0.5) is 0 Å². The van der Waals surface area contributed by atoms with Crippen LogP contribution in [0.5, 0.6) is 11.5 Å². The molecular formula is C14H15NO2S. The number of hydrogen-bond donors (Lipinski definition) is 0. The highest BCUT2D eigenvalue weighted by Crippen LogP contribution is 2.43. The second-order valence-electron chi connectivity index (χ2n) is 4.41. The Morgan fingerprint density at radius 3 is 2.72 bits per heavy atom. The summed E-state index contributed by atoms with van der Waals surface area (Å²) in [4.78, 5) is 4.71. The van der Waals surface area contributed by atoms with Crippen molar-refractivity contribution in [1.82, 2.24) is 4.98 Å². The van der Waals surface area contributed by atoms with E-state index in [9.17, 15) is 0 Å². The van der Waals surface area contributed by atoms with Crippen LogP contribution >= 0.6 is 11.3 Å². The summed E-state index contributed by atoms with van der Waals surface area (Å²) in [6.45, 7) is 0. The summed E-state index contributed by atoms with van der Waals surface area (Å²) in [5.74, 6) is 2.36. The number of hydrogen-bond acceptors (Lipinski definition) is 4. The predicted octanol–water partition coefficient (Wildman–Crippen LogP) is 3.70. The average molecular weight is 261 g/mol. The summed E-state index contributed by atoms with van der Waals surface area (Å²) < 4.78 is 10.7. The van der Waals surface area contributed by atoms with Crippen LogP contribution in [0.1, 0.15) is 23.8 Å². The fourth-order valence-electron chi connectivity index (χ4n) is 1.94. The number of benzene rings is 1. The van der Waals surface area contributed by atoms with Crippen LogP contribution in [-0.2, 0) is 0 Å². The summed E-state index contributed by atoms with van der Waals surface area (Å²) in [7, 11) is 3.35. The van der Waals surface area contributed by atoms with Crippen molar-refractivity contribution in [3.63, 3.8) is 0 Å². The molecular weight excluding hydrogens is 246 g/mol. The normalized spacial score (nSPS) is 14.6. The maximum absolute atomic E-state index is 5.39. The standard InChI is InChI=1S/C14H15NO2S/c1-16-10-5-6-13(17-2)11(7-10)12-8-18-14(15-12)9-3-4-9/h5-9H,3-4H2,1-2H3. The second-order valence-corrected chi connectivity index (χ2v) is 5.30. The van der Waals surface area contributed by atoms with Gasteiger partial charge >= 0.3 is 0 Å². The summed E-state index contributed by atoms with van der Waals surface area (Å²) in [5.41, 5.74) is 1.98. The monoisotopic (exact) mass is 261 g/mol. The van der Waals surface area contributed by atoms with Crippen LogP contribution in [0.25, 0.3) is 11.3 Å². The Balaban J connectivity index is 2.01. The van der Waals surface area contributed by atoms with E-state index >= 15 is 0 Å². The van der Waals surface area contributed by atoms with Gasteiger partial charge in [-0.1, -0.05) is 0 Å². The lowest BCUT2D eigenvalue weighted by Crippen LogP contribution is -1.90. The predicted molar refractivity (Wildman–Crippen MR) is 72.6 cm³/mol. The van der Waals surface area contributed by atoms with Crippen molar-refractivity contribution in [2.75, 3.05) is 14.2 Å². The molecule has 0 amide bonds. The SMILES string of the molecule is COc1ccc(OC)c(-c2csc(C3CC3)n2)c1. The molecule has 1 heterocycles. The van der Waals surface area contributed by atoms with Gasteiger partial charge in [-0.3, -0.25) is 0 Å². The van der Waals surface area contributed by atoms with Gasteiger partial charge in [-0.25, -0.2) is 4.98 Å². The maximum Gasteiger partial charge on any atom is 0.128 e. The highest BCUT2D eigenvalue weighted by molar-refractivity contribution is 7.10. The van der Waals surface area contributed by atoms with Crippen LogP contribution in [0.15, 0.2) is 23.6 Å². The number of ether oxygens (including phenoxy) is 2. The molecule has 94 valence electrons. The smallest absolute Gasteiger partial charge is 0.128 e. The Morgan fingerprint density at radius 2 is 2.06 bits per heavy atom. The van der Waals surface area contributed by atoms with Gasteiger partial charge in [0, 0.05) is 16.9 Å². The summed E-state index contributed by atoms with van der Waals surface area (Å²) >= 11 is 1.74. The van der Waals surface area contributed by atoms with Crippen molar-refractivity contribution in [3.05, 3.63) is 28.6 Å². The lowest BCUT2D eigenvalue weighted by molar-refractivity contribution is 0.404. The molecule has 3 rings (SSSR count). The minimum absolute atomic E-state index is 0.695. The van der Waals surface area contributed by atoms with Gasteiger partial charge in [-0.15, -0.1) is 11.3 Å². The Labute approximate surface area is 110 Å². The van der Waals surface area contributed by atoms with Crippen molar-refractivity contribution in [3.8, 4) is 22.8 Å². The molecule has 0 atom stereocenters. The molecule has 18 heavy (non-hydrogen) atoms. The molecule has 0 unspecified atom stereocenters. The summed E-state index contributed by atoms with van der Waals surface area (Å²) in [6.07, 6.45) is 2.56. The first kappa shape index (κ1) is 11.5. The molecule has 0 spiro atoms. The average Bonchev–Trinajstić information content (AvgIpc) is 3.16. The van der Waals surface area contributed by atoms with E-state index in [0.29, 0.717) is 5.92 Å². The minimum atomic E-state index is 0.695. The Morgan fingerprint density at radius 1 is 1.22 bits per heavy atom. The lowest BCUT2D eigenvalue weighted by atomic mass is 10.1. The van der Waals surface area contributed by atoms with Gasteiger partial charge in [0.05, 0.1) is 24.9 Å². The molecule has 0 bridgehead atoms. The van der Waals surface area contributed by atoms with Gasteiger partial charge in [-0.2, -0.15) is 0 Å². The fraction of sp³-hybridized carbons (Fsp3) is 0.357.